The van der Waals surface area contributed by atoms with E-state index in [9.17, 15) is 4.79 Å². The van der Waals surface area contributed by atoms with Crippen molar-refractivity contribution >= 4 is 17.5 Å². The van der Waals surface area contributed by atoms with Gasteiger partial charge in [0.2, 0.25) is 0 Å². The number of carbonyl (C=O) groups excluding carboxylic acids is 1. The van der Waals surface area contributed by atoms with E-state index in [1.54, 1.807) is 24.3 Å². The van der Waals surface area contributed by atoms with E-state index in [4.69, 9.17) is 21.1 Å². The summed E-state index contributed by atoms with van der Waals surface area (Å²) < 4.78 is 10.5. The first-order chi connectivity index (χ1) is 9.08. The second-order valence-corrected chi connectivity index (χ2v) is 4.54. The largest absolute Gasteiger partial charge is 0.484 e. The van der Waals surface area contributed by atoms with Gasteiger partial charge in [0.15, 0.2) is 6.61 Å². The molecule has 0 spiro atoms. The first-order valence-corrected chi connectivity index (χ1v) is 6.33. The lowest BCUT2D eigenvalue weighted by Gasteiger charge is -2.08. The summed E-state index contributed by atoms with van der Waals surface area (Å²) in [5.74, 6) is 0.423. The molecule has 0 aromatic heterocycles. The second kappa shape index (κ2) is 8.56. The molecule has 0 radical (unpaired) electrons. The molecule has 0 aliphatic carbocycles. The minimum absolute atomic E-state index is 0.0257. The molecule has 0 aliphatic rings. The normalized spacial score (nSPS) is 10.0. The number of amides is 1. The van der Waals surface area contributed by atoms with Crippen molar-refractivity contribution in [1.82, 2.24) is 5.32 Å². The summed E-state index contributed by atoms with van der Waals surface area (Å²) >= 11 is 5.74. The van der Waals surface area contributed by atoms with Crippen LogP contribution in [0.3, 0.4) is 0 Å². The summed E-state index contributed by atoms with van der Waals surface area (Å²) in [5.41, 5.74) is 0.956. The molecule has 1 aromatic carbocycles. The van der Waals surface area contributed by atoms with Gasteiger partial charge in [0, 0.05) is 11.6 Å². The second-order valence-electron chi connectivity index (χ2n) is 4.10. The van der Waals surface area contributed by atoms with E-state index in [2.05, 4.69) is 11.9 Å². The summed E-state index contributed by atoms with van der Waals surface area (Å²) in [4.78, 5) is 11.4. The van der Waals surface area contributed by atoms with Crippen LogP contribution in [0.1, 0.15) is 6.92 Å². The molecule has 5 heteroatoms. The van der Waals surface area contributed by atoms with E-state index >= 15 is 0 Å². The Morgan fingerprint density at radius 1 is 1.32 bits per heavy atom. The fraction of sp³-hybridized carbons (Fsp3) is 0.357. The molecule has 0 aliphatic heterocycles. The summed E-state index contributed by atoms with van der Waals surface area (Å²) in [6.07, 6.45) is 0. The third kappa shape index (κ3) is 7.49. The molecule has 0 unspecified atom stereocenters. The maximum absolute atomic E-state index is 11.4. The lowest BCUT2D eigenvalue weighted by atomic mass is 10.3. The Morgan fingerprint density at radius 2 is 2.00 bits per heavy atom. The van der Waals surface area contributed by atoms with Crippen LogP contribution in [0.15, 0.2) is 36.4 Å². The van der Waals surface area contributed by atoms with E-state index in [0.29, 0.717) is 30.5 Å². The number of halogens is 1. The lowest BCUT2D eigenvalue weighted by molar-refractivity contribution is -0.123. The van der Waals surface area contributed by atoms with Gasteiger partial charge in [-0.1, -0.05) is 23.8 Å². The van der Waals surface area contributed by atoms with Crippen molar-refractivity contribution in [2.45, 2.75) is 6.92 Å². The molecule has 1 aromatic rings. The lowest BCUT2D eigenvalue weighted by Crippen LogP contribution is -2.31. The highest BCUT2D eigenvalue weighted by Gasteiger charge is 2.02. The van der Waals surface area contributed by atoms with Crippen LogP contribution in [0.2, 0.25) is 5.02 Å². The molecule has 0 saturated heterocycles. The van der Waals surface area contributed by atoms with Crippen molar-refractivity contribution in [3.05, 3.63) is 41.4 Å². The highest BCUT2D eigenvalue weighted by Crippen LogP contribution is 2.15. The van der Waals surface area contributed by atoms with Gasteiger partial charge in [-0.25, -0.2) is 0 Å². The first-order valence-electron chi connectivity index (χ1n) is 5.95. The van der Waals surface area contributed by atoms with E-state index < -0.39 is 0 Å². The molecular formula is C14H18ClNO3. The van der Waals surface area contributed by atoms with Gasteiger partial charge in [-0.15, -0.1) is 0 Å². The topological polar surface area (TPSA) is 47.6 Å². The number of carbonyl (C=O) groups is 1. The molecular weight excluding hydrogens is 266 g/mol. The van der Waals surface area contributed by atoms with Crippen molar-refractivity contribution in [1.29, 1.82) is 0 Å². The van der Waals surface area contributed by atoms with Crippen molar-refractivity contribution in [3.8, 4) is 5.75 Å². The number of nitrogens with one attached hydrogen (secondary N) is 1. The molecule has 104 valence electrons. The molecule has 19 heavy (non-hydrogen) atoms. The standard InChI is InChI=1S/C14H18ClNO3/c1-11(2)9-18-8-7-16-14(17)10-19-13-5-3-12(15)4-6-13/h3-6H,1,7-10H2,2H3,(H,16,17). The third-order valence-corrected chi connectivity index (χ3v) is 2.35. The third-order valence-electron chi connectivity index (χ3n) is 2.10. The number of ether oxygens (including phenoxy) is 2. The first kappa shape index (κ1) is 15.5. The predicted molar refractivity (Wildman–Crippen MR) is 75.6 cm³/mol. The maximum Gasteiger partial charge on any atom is 0.258 e. The molecule has 0 atom stereocenters. The highest BCUT2D eigenvalue weighted by molar-refractivity contribution is 6.30. The molecule has 0 bridgehead atoms. The summed E-state index contributed by atoms with van der Waals surface area (Å²) in [6.45, 7) is 7.00. The van der Waals surface area contributed by atoms with E-state index in [1.165, 1.54) is 0 Å². The Bertz CT molecular complexity index is 417. The zero-order chi connectivity index (χ0) is 14.1. The fourth-order valence-electron chi connectivity index (χ4n) is 1.24. The van der Waals surface area contributed by atoms with Crippen molar-refractivity contribution in [2.24, 2.45) is 0 Å². The van der Waals surface area contributed by atoms with E-state index in [1.807, 2.05) is 6.92 Å². The number of hydrogen-bond acceptors (Lipinski definition) is 3. The average molecular weight is 284 g/mol. The van der Waals surface area contributed by atoms with Crippen LogP contribution in [-0.2, 0) is 9.53 Å². The predicted octanol–water partition coefficient (Wildman–Crippen LogP) is 2.43. The minimum atomic E-state index is -0.186. The Balaban J connectivity index is 2.11. The SMILES string of the molecule is C=C(C)COCCNC(=O)COc1ccc(Cl)cc1. The van der Waals surface area contributed by atoms with Crippen LogP contribution in [0.25, 0.3) is 0 Å². The van der Waals surface area contributed by atoms with Gasteiger partial charge >= 0.3 is 0 Å². The van der Waals surface area contributed by atoms with Gasteiger partial charge < -0.3 is 14.8 Å². The van der Waals surface area contributed by atoms with Crippen molar-refractivity contribution in [2.75, 3.05) is 26.4 Å². The maximum atomic E-state index is 11.4. The Morgan fingerprint density at radius 3 is 2.63 bits per heavy atom. The van der Waals surface area contributed by atoms with E-state index in [-0.39, 0.29) is 12.5 Å². The number of benzene rings is 1. The van der Waals surface area contributed by atoms with Gasteiger partial charge in [-0.05, 0) is 31.2 Å². The van der Waals surface area contributed by atoms with Gasteiger partial charge in [-0.2, -0.15) is 0 Å². The monoisotopic (exact) mass is 283 g/mol. The number of hydrogen-bond donors (Lipinski definition) is 1. The van der Waals surface area contributed by atoms with Gasteiger partial charge in [0.05, 0.1) is 13.2 Å². The zero-order valence-electron chi connectivity index (χ0n) is 10.9. The molecule has 1 rings (SSSR count). The van der Waals surface area contributed by atoms with Crippen LogP contribution >= 0.6 is 11.6 Å². The molecule has 1 N–H and O–H groups in total. The molecule has 0 fully saturated rings. The average Bonchev–Trinajstić information content (AvgIpc) is 2.37. The Kier molecular flexibility index (Phi) is 7.00. The Labute approximate surface area is 118 Å². The fourth-order valence-corrected chi connectivity index (χ4v) is 1.37. The summed E-state index contributed by atoms with van der Waals surface area (Å²) in [6, 6.07) is 6.84. The number of rotatable bonds is 8. The summed E-state index contributed by atoms with van der Waals surface area (Å²) in [7, 11) is 0. The smallest absolute Gasteiger partial charge is 0.258 e. The molecule has 4 nitrogen and oxygen atoms in total. The molecule has 1 amide bonds. The van der Waals surface area contributed by atoms with Crippen molar-refractivity contribution in [3.63, 3.8) is 0 Å². The molecule has 0 saturated carbocycles. The van der Waals surface area contributed by atoms with Gasteiger partial charge in [0.1, 0.15) is 5.75 Å². The van der Waals surface area contributed by atoms with Crippen LogP contribution in [0, 0.1) is 0 Å². The highest BCUT2D eigenvalue weighted by atomic mass is 35.5. The van der Waals surface area contributed by atoms with E-state index in [0.717, 1.165) is 5.57 Å². The van der Waals surface area contributed by atoms with Crippen LogP contribution in [-0.4, -0.2) is 32.3 Å². The van der Waals surface area contributed by atoms with Crippen molar-refractivity contribution < 1.29 is 14.3 Å². The van der Waals surface area contributed by atoms with Crippen LogP contribution in [0.5, 0.6) is 5.75 Å². The van der Waals surface area contributed by atoms with Crippen LogP contribution in [0.4, 0.5) is 0 Å². The minimum Gasteiger partial charge on any atom is -0.484 e. The quantitative estimate of drug-likeness (QED) is 0.589. The summed E-state index contributed by atoms with van der Waals surface area (Å²) in [5, 5.41) is 3.32. The van der Waals surface area contributed by atoms with Crippen LogP contribution < -0.4 is 10.1 Å². The zero-order valence-corrected chi connectivity index (χ0v) is 11.7. The Hall–Kier alpha value is -1.52. The molecule has 0 heterocycles. The van der Waals surface area contributed by atoms with Gasteiger partial charge in [-0.3, -0.25) is 4.79 Å². The van der Waals surface area contributed by atoms with Gasteiger partial charge in [0.25, 0.3) is 5.91 Å².